The van der Waals surface area contributed by atoms with Crippen LogP contribution in [0.2, 0.25) is 5.02 Å². The number of aliphatic hydroxyl groups is 1. The van der Waals surface area contributed by atoms with Crippen molar-refractivity contribution in [1.82, 2.24) is 4.98 Å². The molecule has 0 aliphatic rings. The van der Waals surface area contributed by atoms with Crippen LogP contribution in [0.5, 0.6) is 0 Å². The predicted molar refractivity (Wildman–Crippen MR) is 38.0 cm³/mol. The van der Waals surface area contributed by atoms with E-state index in [1.54, 1.807) is 0 Å². The first-order valence-electron chi connectivity index (χ1n) is 2.72. The van der Waals surface area contributed by atoms with E-state index in [-0.39, 0.29) is 12.2 Å². The molecule has 1 rings (SSSR count). The molecule has 0 spiro atoms. The first-order chi connectivity index (χ1) is 4.72. The number of aromatic nitrogens is 1. The second kappa shape index (κ2) is 2.86. The molecule has 2 N–H and O–H groups in total. The minimum absolute atomic E-state index is 0.199. The largest absolute Gasteiger partial charge is 0.390 e. The third kappa shape index (κ3) is 1.59. The van der Waals surface area contributed by atoms with Crippen molar-refractivity contribution in [3.63, 3.8) is 0 Å². The molecule has 10 heavy (non-hydrogen) atoms. The van der Waals surface area contributed by atoms with Gasteiger partial charge in [-0.05, 0) is 6.07 Å². The Morgan fingerprint density at radius 1 is 1.60 bits per heavy atom. The number of aromatic amines is 1. The van der Waals surface area contributed by atoms with Crippen molar-refractivity contribution >= 4 is 11.6 Å². The summed E-state index contributed by atoms with van der Waals surface area (Å²) in [6.45, 7) is -0.199. The van der Waals surface area contributed by atoms with Crippen molar-refractivity contribution < 1.29 is 5.11 Å². The molecule has 0 aliphatic carbocycles. The van der Waals surface area contributed by atoms with E-state index in [2.05, 4.69) is 4.98 Å². The first-order valence-corrected chi connectivity index (χ1v) is 3.10. The summed E-state index contributed by atoms with van der Waals surface area (Å²) in [4.78, 5) is 13.0. The molecule has 3 nitrogen and oxygen atoms in total. The van der Waals surface area contributed by atoms with Gasteiger partial charge in [-0.1, -0.05) is 11.6 Å². The van der Waals surface area contributed by atoms with Gasteiger partial charge in [0.1, 0.15) is 0 Å². The Hall–Kier alpha value is -0.800. The summed E-state index contributed by atoms with van der Waals surface area (Å²) in [7, 11) is 0. The fourth-order valence-corrected chi connectivity index (χ4v) is 0.880. The van der Waals surface area contributed by atoms with Gasteiger partial charge in [0.2, 0.25) is 5.56 Å². The van der Waals surface area contributed by atoms with Gasteiger partial charge in [0.05, 0.1) is 6.61 Å². The molecule has 0 bridgehead atoms. The lowest BCUT2D eigenvalue weighted by atomic mass is 10.4. The Bertz CT molecular complexity index is 281. The second-order valence-electron chi connectivity index (χ2n) is 1.85. The van der Waals surface area contributed by atoms with Crippen molar-refractivity contribution in [3.8, 4) is 0 Å². The Balaban J connectivity index is 3.19. The molecule has 1 aromatic rings. The maximum absolute atomic E-state index is 10.6. The minimum Gasteiger partial charge on any atom is -0.390 e. The maximum Gasteiger partial charge on any atom is 0.249 e. The zero-order valence-electron chi connectivity index (χ0n) is 5.10. The van der Waals surface area contributed by atoms with Gasteiger partial charge in [-0.3, -0.25) is 4.79 Å². The van der Waals surface area contributed by atoms with Gasteiger partial charge >= 0.3 is 0 Å². The first kappa shape index (κ1) is 7.31. The number of rotatable bonds is 1. The molecule has 0 unspecified atom stereocenters. The average Bonchev–Trinajstić information content (AvgIpc) is 1.85. The van der Waals surface area contributed by atoms with E-state index in [0.29, 0.717) is 10.7 Å². The molecule has 0 saturated heterocycles. The van der Waals surface area contributed by atoms with Crippen LogP contribution in [0.25, 0.3) is 0 Å². The molecular weight excluding hydrogens is 154 g/mol. The molecule has 0 saturated carbocycles. The van der Waals surface area contributed by atoms with Crippen LogP contribution in [0, 0.1) is 0 Å². The van der Waals surface area contributed by atoms with E-state index in [1.807, 2.05) is 0 Å². The van der Waals surface area contributed by atoms with Crippen LogP contribution in [-0.4, -0.2) is 10.1 Å². The van der Waals surface area contributed by atoms with Crippen molar-refractivity contribution in [2.24, 2.45) is 0 Å². The second-order valence-corrected chi connectivity index (χ2v) is 2.28. The Morgan fingerprint density at radius 3 is 2.80 bits per heavy atom. The quantitative estimate of drug-likeness (QED) is 0.628. The number of hydrogen-bond acceptors (Lipinski definition) is 2. The zero-order valence-corrected chi connectivity index (χ0v) is 5.85. The number of H-pyrrole nitrogens is 1. The fourth-order valence-electron chi connectivity index (χ4n) is 0.649. The molecule has 0 atom stereocenters. The lowest BCUT2D eigenvalue weighted by molar-refractivity contribution is 0.276. The van der Waals surface area contributed by atoms with Crippen LogP contribution in [0.1, 0.15) is 5.69 Å². The number of halogens is 1. The molecule has 0 aliphatic heterocycles. The highest BCUT2D eigenvalue weighted by Crippen LogP contribution is 2.04. The predicted octanol–water partition coefficient (Wildman–Crippen LogP) is 0.521. The highest BCUT2D eigenvalue weighted by atomic mass is 35.5. The van der Waals surface area contributed by atoms with E-state index in [0.717, 1.165) is 0 Å². The van der Waals surface area contributed by atoms with Gasteiger partial charge in [-0.2, -0.15) is 0 Å². The summed E-state index contributed by atoms with van der Waals surface area (Å²) in [6, 6.07) is 2.75. The standard InChI is InChI=1S/C6H6ClNO2/c7-4-1-5(3-9)8-6(10)2-4/h1-2,9H,3H2,(H,8,10). The maximum atomic E-state index is 10.6. The highest BCUT2D eigenvalue weighted by Gasteiger charge is 1.93. The van der Waals surface area contributed by atoms with Gasteiger partial charge in [0, 0.05) is 16.8 Å². The van der Waals surface area contributed by atoms with E-state index in [9.17, 15) is 4.79 Å². The zero-order chi connectivity index (χ0) is 7.56. The fraction of sp³-hybridized carbons (Fsp3) is 0.167. The van der Waals surface area contributed by atoms with E-state index in [1.165, 1.54) is 12.1 Å². The van der Waals surface area contributed by atoms with Crippen LogP contribution < -0.4 is 5.56 Å². The number of hydrogen-bond donors (Lipinski definition) is 2. The van der Waals surface area contributed by atoms with Crippen molar-refractivity contribution in [1.29, 1.82) is 0 Å². The third-order valence-corrected chi connectivity index (χ3v) is 1.25. The number of aliphatic hydroxyl groups excluding tert-OH is 1. The Kier molecular flexibility index (Phi) is 2.09. The minimum atomic E-state index is -0.295. The van der Waals surface area contributed by atoms with Gasteiger partial charge in [0.25, 0.3) is 0 Å². The summed E-state index contributed by atoms with van der Waals surface area (Å²) in [5.74, 6) is 0. The molecule has 0 amide bonds. The molecule has 4 heteroatoms. The summed E-state index contributed by atoms with van der Waals surface area (Å²) >= 11 is 5.50. The summed E-state index contributed by atoms with van der Waals surface area (Å²) in [5, 5.41) is 8.90. The van der Waals surface area contributed by atoms with Crippen LogP contribution in [-0.2, 0) is 6.61 Å². The van der Waals surface area contributed by atoms with Gasteiger partial charge in [0.15, 0.2) is 0 Å². The molecule has 54 valence electrons. The van der Waals surface area contributed by atoms with E-state index in [4.69, 9.17) is 16.7 Å². The molecular formula is C6H6ClNO2. The topological polar surface area (TPSA) is 53.1 Å². The molecule has 0 aromatic carbocycles. The summed E-state index contributed by atoms with van der Waals surface area (Å²) in [5.41, 5.74) is 0.133. The number of nitrogens with one attached hydrogen (secondary N) is 1. The lowest BCUT2D eigenvalue weighted by Crippen LogP contribution is -2.06. The summed E-state index contributed by atoms with van der Waals surface area (Å²) in [6.07, 6.45) is 0. The highest BCUT2D eigenvalue weighted by molar-refractivity contribution is 6.30. The van der Waals surface area contributed by atoms with E-state index < -0.39 is 0 Å². The smallest absolute Gasteiger partial charge is 0.249 e. The van der Waals surface area contributed by atoms with Crippen LogP contribution >= 0.6 is 11.6 Å². The average molecular weight is 160 g/mol. The Morgan fingerprint density at radius 2 is 2.30 bits per heavy atom. The molecule has 0 radical (unpaired) electrons. The number of pyridine rings is 1. The molecule has 1 aromatic heterocycles. The van der Waals surface area contributed by atoms with Crippen molar-refractivity contribution in [2.45, 2.75) is 6.61 Å². The third-order valence-electron chi connectivity index (χ3n) is 1.04. The van der Waals surface area contributed by atoms with Crippen LogP contribution in [0.15, 0.2) is 16.9 Å². The molecule has 1 heterocycles. The van der Waals surface area contributed by atoms with Crippen molar-refractivity contribution in [2.75, 3.05) is 0 Å². The van der Waals surface area contributed by atoms with Crippen LogP contribution in [0.3, 0.4) is 0 Å². The Labute approximate surface area is 62.3 Å². The van der Waals surface area contributed by atoms with Gasteiger partial charge in [-0.25, -0.2) is 0 Å². The van der Waals surface area contributed by atoms with Crippen molar-refractivity contribution in [3.05, 3.63) is 33.2 Å². The van der Waals surface area contributed by atoms with E-state index >= 15 is 0 Å². The van der Waals surface area contributed by atoms with Gasteiger partial charge < -0.3 is 10.1 Å². The lowest BCUT2D eigenvalue weighted by Gasteiger charge is -1.94. The summed E-state index contributed by atoms with van der Waals surface area (Å²) < 4.78 is 0. The molecule has 0 fully saturated rings. The normalized spacial score (nSPS) is 9.80. The SMILES string of the molecule is O=c1cc(Cl)cc(CO)[nH]1. The monoisotopic (exact) mass is 159 g/mol. The van der Waals surface area contributed by atoms with Crippen LogP contribution in [0.4, 0.5) is 0 Å². The van der Waals surface area contributed by atoms with Gasteiger partial charge in [-0.15, -0.1) is 0 Å².